The molecule has 1 N–H and O–H groups in total. The van der Waals surface area contributed by atoms with Crippen molar-refractivity contribution < 1.29 is 9.90 Å². The van der Waals surface area contributed by atoms with Gasteiger partial charge >= 0.3 is 5.97 Å². The molecule has 4 heteroatoms. The Bertz CT molecular complexity index is 640. The standard InChI is InChI=1S/C15H16N2O2/c1-8-5-9(2)12(10(3)6-8)14-13(15(18)19)11(4)16-7-17-14/h5-7H,1-4H3,(H,18,19). The Morgan fingerprint density at radius 3 is 2.16 bits per heavy atom. The van der Waals surface area contributed by atoms with E-state index in [1.807, 2.05) is 32.9 Å². The van der Waals surface area contributed by atoms with Crippen LogP contribution in [0.5, 0.6) is 0 Å². The Kier molecular flexibility index (Phi) is 3.34. The van der Waals surface area contributed by atoms with Gasteiger partial charge in [-0.3, -0.25) is 0 Å². The average Bonchev–Trinajstić information content (AvgIpc) is 2.26. The van der Waals surface area contributed by atoms with E-state index in [4.69, 9.17) is 0 Å². The van der Waals surface area contributed by atoms with Crippen molar-refractivity contribution in [1.82, 2.24) is 9.97 Å². The fourth-order valence-electron chi connectivity index (χ4n) is 2.47. The van der Waals surface area contributed by atoms with Crippen molar-refractivity contribution in [2.75, 3.05) is 0 Å². The summed E-state index contributed by atoms with van der Waals surface area (Å²) in [4.78, 5) is 19.6. The fourth-order valence-corrected chi connectivity index (χ4v) is 2.47. The normalized spacial score (nSPS) is 10.5. The second-order valence-corrected chi connectivity index (χ2v) is 4.76. The summed E-state index contributed by atoms with van der Waals surface area (Å²) in [7, 11) is 0. The van der Waals surface area contributed by atoms with Gasteiger partial charge in [-0.2, -0.15) is 0 Å². The molecular formula is C15H16N2O2. The lowest BCUT2D eigenvalue weighted by atomic mass is 9.94. The number of aromatic carboxylic acids is 1. The smallest absolute Gasteiger partial charge is 0.339 e. The van der Waals surface area contributed by atoms with Gasteiger partial charge in [0.25, 0.3) is 0 Å². The van der Waals surface area contributed by atoms with E-state index in [0.29, 0.717) is 11.4 Å². The van der Waals surface area contributed by atoms with Crippen LogP contribution >= 0.6 is 0 Å². The Hall–Kier alpha value is -2.23. The summed E-state index contributed by atoms with van der Waals surface area (Å²) in [5, 5.41) is 9.36. The average molecular weight is 256 g/mol. The highest BCUT2D eigenvalue weighted by molar-refractivity contribution is 5.96. The van der Waals surface area contributed by atoms with E-state index in [2.05, 4.69) is 9.97 Å². The number of nitrogens with zero attached hydrogens (tertiary/aromatic N) is 2. The third-order valence-electron chi connectivity index (χ3n) is 3.16. The van der Waals surface area contributed by atoms with E-state index in [-0.39, 0.29) is 5.56 Å². The van der Waals surface area contributed by atoms with Crippen molar-refractivity contribution in [2.45, 2.75) is 27.7 Å². The lowest BCUT2D eigenvalue weighted by Crippen LogP contribution is -2.08. The van der Waals surface area contributed by atoms with E-state index >= 15 is 0 Å². The molecular weight excluding hydrogens is 240 g/mol. The molecule has 0 aliphatic carbocycles. The largest absolute Gasteiger partial charge is 0.478 e. The third-order valence-corrected chi connectivity index (χ3v) is 3.16. The van der Waals surface area contributed by atoms with Crippen LogP contribution < -0.4 is 0 Å². The Morgan fingerprint density at radius 1 is 1.05 bits per heavy atom. The van der Waals surface area contributed by atoms with Crippen LogP contribution in [0, 0.1) is 27.7 Å². The maximum absolute atomic E-state index is 11.4. The zero-order valence-corrected chi connectivity index (χ0v) is 11.5. The molecule has 0 fully saturated rings. The molecule has 0 saturated heterocycles. The van der Waals surface area contributed by atoms with Crippen molar-refractivity contribution >= 4 is 5.97 Å². The molecule has 4 nitrogen and oxygen atoms in total. The van der Waals surface area contributed by atoms with Gasteiger partial charge in [-0.25, -0.2) is 14.8 Å². The number of aromatic nitrogens is 2. The van der Waals surface area contributed by atoms with Crippen LogP contribution in [0.2, 0.25) is 0 Å². The molecule has 0 amide bonds. The second kappa shape index (κ2) is 4.80. The quantitative estimate of drug-likeness (QED) is 0.896. The molecule has 0 saturated carbocycles. The molecule has 1 aromatic carbocycles. The van der Waals surface area contributed by atoms with E-state index < -0.39 is 5.97 Å². The van der Waals surface area contributed by atoms with Crippen LogP contribution in [-0.4, -0.2) is 21.0 Å². The molecule has 1 heterocycles. The minimum Gasteiger partial charge on any atom is -0.478 e. The number of hydrogen-bond donors (Lipinski definition) is 1. The molecule has 2 aromatic rings. The van der Waals surface area contributed by atoms with Crippen LogP contribution in [0.15, 0.2) is 18.5 Å². The number of aryl methyl sites for hydroxylation is 4. The monoisotopic (exact) mass is 256 g/mol. The van der Waals surface area contributed by atoms with Gasteiger partial charge in [-0.1, -0.05) is 17.7 Å². The van der Waals surface area contributed by atoms with Crippen LogP contribution in [0.25, 0.3) is 11.3 Å². The highest BCUT2D eigenvalue weighted by Crippen LogP contribution is 2.30. The predicted molar refractivity (Wildman–Crippen MR) is 73.4 cm³/mol. The minimum atomic E-state index is -0.993. The van der Waals surface area contributed by atoms with Crippen LogP contribution in [0.1, 0.15) is 32.7 Å². The number of carboxylic acid groups (broad SMARTS) is 1. The Morgan fingerprint density at radius 2 is 1.63 bits per heavy atom. The fraction of sp³-hybridized carbons (Fsp3) is 0.267. The first-order chi connectivity index (χ1) is 8.91. The van der Waals surface area contributed by atoms with Gasteiger partial charge in [0.2, 0.25) is 0 Å². The molecule has 2 rings (SSSR count). The van der Waals surface area contributed by atoms with E-state index in [1.165, 1.54) is 6.33 Å². The van der Waals surface area contributed by atoms with E-state index in [0.717, 1.165) is 22.3 Å². The summed E-state index contributed by atoms with van der Waals surface area (Å²) in [6, 6.07) is 4.07. The molecule has 98 valence electrons. The zero-order chi connectivity index (χ0) is 14.2. The molecule has 0 aliphatic rings. The predicted octanol–water partition coefficient (Wildman–Crippen LogP) is 3.08. The Balaban J connectivity index is 2.80. The van der Waals surface area contributed by atoms with Gasteiger partial charge in [-0.05, 0) is 38.8 Å². The molecule has 0 atom stereocenters. The number of hydrogen-bond acceptors (Lipinski definition) is 3. The first kappa shape index (κ1) is 13.2. The maximum Gasteiger partial charge on any atom is 0.339 e. The van der Waals surface area contributed by atoms with E-state index in [9.17, 15) is 9.90 Å². The van der Waals surface area contributed by atoms with Gasteiger partial charge in [0.05, 0.1) is 11.4 Å². The highest BCUT2D eigenvalue weighted by atomic mass is 16.4. The summed E-state index contributed by atoms with van der Waals surface area (Å²) in [5.74, 6) is -0.993. The van der Waals surface area contributed by atoms with Crippen molar-refractivity contribution in [3.8, 4) is 11.3 Å². The van der Waals surface area contributed by atoms with Crippen molar-refractivity contribution in [1.29, 1.82) is 0 Å². The molecule has 0 bridgehead atoms. The van der Waals surface area contributed by atoms with Crippen LogP contribution in [-0.2, 0) is 0 Å². The topological polar surface area (TPSA) is 63.1 Å². The molecule has 1 aromatic heterocycles. The minimum absolute atomic E-state index is 0.178. The summed E-state index contributed by atoms with van der Waals surface area (Å²) < 4.78 is 0. The molecule has 19 heavy (non-hydrogen) atoms. The van der Waals surface area contributed by atoms with Gasteiger partial charge in [0.1, 0.15) is 11.9 Å². The van der Waals surface area contributed by atoms with Crippen LogP contribution in [0.4, 0.5) is 0 Å². The van der Waals surface area contributed by atoms with Gasteiger partial charge in [0.15, 0.2) is 0 Å². The lowest BCUT2D eigenvalue weighted by Gasteiger charge is -2.13. The first-order valence-corrected chi connectivity index (χ1v) is 6.05. The maximum atomic E-state index is 11.4. The van der Waals surface area contributed by atoms with Crippen LogP contribution in [0.3, 0.4) is 0 Å². The van der Waals surface area contributed by atoms with E-state index in [1.54, 1.807) is 6.92 Å². The molecule has 0 unspecified atom stereocenters. The van der Waals surface area contributed by atoms with Gasteiger partial charge in [0, 0.05) is 5.56 Å². The summed E-state index contributed by atoms with van der Waals surface area (Å²) in [6.45, 7) is 7.65. The van der Waals surface area contributed by atoms with Gasteiger partial charge < -0.3 is 5.11 Å². The van der Waals surface area contributed by atoms with Crippen molar-refractivity contribution in [2.24, 2.45) is 0 Å². The first-order valence-electron chi connectivity index (χ1n) is 6.05. The second-order valence-electron chi connectivity index (χ2n) is 4.76. The van der Waals surface area contributed by atoms with Crippen molar-refractivity contribution in [3.63, 3.8) is 0 Å². The number of carbonyl (C=O) groups is 1. The Labute approximate surface area is 112 Å². The van der Waals surface area contributed by atoms with Crippen molar-refractivity contribution in [3.05, 3.63) is 46.4 Å². The zero-order valence-electron chi connectivity index (χ0n) is 11.5. The number of carboxylic acids is 1. The third kappa shape index (κ3) is 2.34. The summed E-state index contributed by atoms with van der Waals surface area (Å²) in [5.41, 5.74) is 5.25. The lowest BCUT2D eigenvalue weighted by molar-refractivity contribution is 0.0696. The summed E-state index contributed by atoms with van der Waals surface area (Å²) >= 11 is 0. The SMILES string of the molecule is Cc1cc(C)c(-c2ncnc(C)c2C(=O)O)c(C)c1. The molecule has 0 aliphatic heterocycles. The molecule has 0 spiro atoms. The summed E-state index contributed by atoms with van der Waals surface area (Å²) in [6.07, 6.45) is 1.41. The number of benzene rings is 1. The molecule has 0 radical (unpaired) electrons. The highest BCUT2D eigenvalue weighted by Gasteiger charge is 2.19. The van der Waals surface area contributed by atoms with Gasteiger partial charge in [-0.15, -0.1) is 0 Å². The number of rotatable bonds is 2.